The Balaban J connectivity index is 1.86. The molecule has 0 saturated carbocycles. The molecule has 0 aliphatic heterocycles. The Kier molecular flexibility index (Phi) is 4.85. The van der Waals surface area contributed by atoms with Crippen molar-refractivity contribution in [1.29, 1.82) is 0 Å². The summed E-state index contributed by atoms with van der Waals surface area (Å²) >= 11 is 7.85. The van der Waals surface area contributed by atoms with Gasteiger partial charge >= 0.3 is 0 Å². The number of halogens is 1. The number of aryl methyl sites for hydroxylation is 2. The lowest BCUT2D eigenvalue weighted by molar-refractivity contribution is 0.901. The van der Waals surface area contributed by atoms with Gasteiger partial charge in [-0.1, -0.05) is 54.1 Å². The molecule has 0 fully saturated rings. The van der Waals surface area contributed by atoms with Gasteiger partial charge in [0.05, 0.1) is 5.39 Å². The molecule has 0 aliphatic carbocycles. The van der Waals surface area contributed by atoms with Crippen LogP contribution in [0.5, 0.6) is 0 Å². The predicted octanol–water partition coefficient (Wildman–Crippen LogP) is 6.26. The fraction of sp³-hybridized carbons (Fsp3) is 0.182. The molecule has 0 unspecified atom stereocenters. The lowest BCUT2D eigenvalue weighted by Gasteiger charge is -2.20. The Bertz CT molecular complexity index is 1110. The van der Waals surface area contributed by atoms with Crippen molar-refractivity contribution in [3.05, 3.63) is 75.9 Å². The quantitative estimate of drug-likeness (QED) is 0.383. The van der Waals surface area contributed by atoms with Crippen LogP contribution in [0, 0.1) is 13.8 Å². The fourth-order valence-electron chi connectivity index (χ4n) is 3.42. The van der Waals surface area contributed by atoms with Crippen molar-refractivity contribution in [2.45, 2.75) is 20.4 Å². The molecule has 2 aromatic carbocycles. The summed E-state index contributed by atoms with van der Waals surface area (Å²) in [7, 11) is 2.05. The summed E-state index contributed by atoms with van der Waals surface area (Å²) < 4.78 is 0. The van der Waals surface area contributed by atoms with Gasteiger partial charge in [0.15, 0.2) is 0 Å². The molecular weight excluding hydrogens is 374 g/mol. The smallest absolute Gasteiger partial charge is 0.225 e. The minimum Gasteiger partial charge on any atom is -0.355 e. The molecule has 4 rings (SSSR count). The minimum atomic E-state index is 0.284. The number of hydrogen-bond acceptors (Lipinski definition) is 4. The van der Waals surface area contributed by atoms with Gasteiger partial charge in [-0.15, -0.1) is 11.3 Å². The van der Waals surface area contributed by atoms with Gasteiger partial charge in [0.1, 0.15) is 10.6 Å². The van der Waals surface area contributed by atoms with E-state index in [1.165, 1.54) is 27.8 Å². The van der Waals surface area contributed by atoms with E-state index in [9.17, 15) is 0 Å². The summed E-state index contributed by atoms with van der Waals surface area (Å²) in [5.41, 5.74) is 6.12. The van der Waals surface area contributed by atoms with Gasteiger partial charge in [-0.25, -0.2) is 4.98 Å². The molecule has 0 bridgehead atoms. The fourth-order valence-corrected chi connectivity index (χ4v) is 4.57. The lowest BCUT2D eigenvalue weighted by atomic mass is 9.99. The Labute approximate surface area is 168 Å². The van der Waals surface area contributed by atoms with E-state index in [2.05, 4.69) is 83.6 Å². The summed E-state index contributed by atoms with van der Waals surface area (Å²) in [6, 6.07) is 16.9. The van der Waals surface area contributed by atoms with Crippen LogP contribution in [-0.4, -0.2) is 17.0 Å². The Hall–Kier alpha value is -2.43. The second-order valence-electron chi connectivity index (χ2n) is 6.81. The van der Waals surface area contributed by atoms with E-state index in [1.54, 1.807) is 11.3 Å². The van der Waals surface area contributed by atoms with Crippen LogP contribution >= 0.6 is 22.9 Å². The standard InChI is InChI=1S/C22H20ClN3S/c1-14-9-10-17(15(2)11-14)18-13-27-21-19(18)20(24-22(23)25-21)26(3)12-16-7-5-4-6-8-16/h4-11,13H,12H2,1-3H3. The number of rotatable bonds is 4. The summed E-state index contributed by atoms with van der Waals surface area (Å²) in [5.74, 6) is 0.866. The van der Waals surface area contributed by atoms with E-state index < -0.39 is 0 Å². The average Bonchev–Trinajstić information content (AvgIpc) is 3.05. The number of fused-ring (bicyclic) bond motifs is 1. The van der Waals surface area contributed by atoms with E-state index in [-0.39, 0.29) is 5.28 Å². The predicted molar refractivity (Wildman–Crippen MR) is 116 cm³/mol. The van der Waals surface area contributed by atoms with Gasteiger partial charge in [-0.2, -0.15) is 4.98 Å². The van der Waals surface area contributed by atoms with Gasteiger partial charge in [0.2, 0.25) is 5.28 Å². The molecular formula is C22H20ClN3S. The largest absolute Gasteiger partial charge is 0.355 e. The number of benzene rings is 2. The van der Waals surface area contributed by atoms with Gasteiger partial charge in [0, 0.05) is 24.5 Å². The molecule has 136 valence electrons. The third-order valence-electron chi connectivity index (χ3n) is 4.68. The highest BCUT2D eigenvalue weighted by atomic mass is 35.5. The maximum atomic E-state index is 6.24. The highest BCUT2D eigenvalue weighted by molar-refractivity contribution is 7.17. The van der Waals surface area contributed by atoms with E-state index in [1.807, 2.05) is 6.07 Å². The number of thiophene rings is 1. The van der Waals surface area contributed by atoms with Gasteiger partial charge in [0.25, 0.3) is 0 Å². The van der Waals surface area contributed by atoms with Crippen LogP contribution in [-0.2, 0) is 6.54 Å². The average molecular weight is 394 g/mol. The van der Waals surface area contributed by atoms with Gasteiger partial charge in [-0.3, -0.25) is 0 Å². The molecule has 0 spiro atoms. The summed E-state index contributed by atoms with van der Waals surface area (Å²) in [5, 5.41) is 3.51. The zero-order chi connectivity index (χ0) is 19.0. The monoisotopic (exact) mass is 393 g/mol. The zero-order valence-corrected chi connectivity index (χ0v) is 17.1. The Morgan fingerprint density at radius 3 is 2.52 bits per heavy atom. The molecule has 0 radical (unpaired) electrons. The highest BCUT2D eigenvalue weighted by Crippen LogP contribution is 2.40. The maximum absolute atomic E-state index is 6.24. The topological polar surface area (TPSA) is 29.0 Å². The third-order valence-corrected chi connectivity index (χ3v) is 5.72. The number of aromatic nitrogens is 2. The second kappa shape index (κ2) is 7.29. The van der Waals surface area contributed by atoms with Crippen LogP contribution in [0.1, 0.15) is 16.7 Å². The molecule has 3 nitrogen and oxygen atoms in total. The first-order valence-electron chi connectivity index (χ1n) is 8.80. The first kappa shape index (κ1) is 18.0. The minimum absolute atomic E-state index is 0.284. The summed E-state index contributed by atoms with van der Waals surface area (Å²) in [6.07, 6.45) is 0. The van der Waals surface area contributed by atoms with Gasteiger partial charge < -0.3 is 4.90 Å². The van der Waals surface area contributed by atoms with E-state index in [0.717, 1.165) is 22.6 Å². The lowest BCUT2D eigenvalue weighted by Crippen LogP contribution is -2.18. The summed E-state index contributed by atoms with van der Waals surface area (Å²) in [6.45, 7) is 5.02. The molecule has 27 heavy (non-hydrogen) atoms. The number of nitrogens with zero attached hydrogens (tertiary/aromatic N) is 3. The second-order valence-corrected chi connectivity index (χ2v) is 8.00. The maximum Gasteiger partial charge on any atom is 0.225 e. The molecule has 5 heteroatoms. The highest BCUT2D eigenvalue weighted by Gasteiger charge is 2.18. The third kappa shape index (κ3) is 3.55. The van der Waals surface area contributed by atoms with Crippen molar-refractivity contribution >= 4 is 39.0 Å². The SMILES string of the molecule is Cc1ccc(-c2csc3nc(Cl)nc(N(C)Cc4ccccc4)c23)c(C)c1. The number of hydrogen-bond donors (Lipinski definition) is 0. The Morgan fingerprint density at radius 2 is 1.78 bits per heavy atom. The molecule has 2 aromatic heterocycles. The van der Waals surface area contributed by atoms with Crippen molar-refractivity contribution in [2.75, 3.05) is 11.9 Å². The van der Waals surface area contributed by atoms with Crippen LogP contribution in [0.15, 0.2) is 53.9 Å². The molecule has 4 aromatic rings. The first-order chi connectivity index (χ1) is 13.0. The molecule has 0 saturated heterocycles. The summed E-state index contributed by atoms with van der Waals surface area (Å²) in [4.78, 5) is 12.1. The Morgan fingerprint density at radius 1 is 1.00 bits per heavy atom. The first-order valence-corrected chi connectivity index (χ1v) is 10.1. The van der Waals surface area contributed by atoms with Crippen LogP contribution in [0.25, 0.3) is 21.3 Å². The van der Waals surface area contributed by atoms with E-state index in [0.29, 0.717) is 0 Å². The number of anilines is 1. The molecule has 0 aliphatic rings. The van der Waals surface area contributed by atoms with Gasteiger partial charge in [-0.05, 0) is 42.1 Å². The van der Waals surface area contributed by atoms with Crippen molar-refractivity contribution in [3.63, 3.8) is 0 Å². The van der Waals surface area contributed by atoms with Crippen LogP contribution < -0.4 is 4.90 Å². The molecule has 0 atom stereocenters. The molecule has 2 heterocycles. The van der Waals surface area contributed by atoms with E-state index in [4.69, 9.17) is 11.6 Å². The van der Waals surface area contributed by atoms with Crippen molar-refractivity contribution in [3.8, 4) is 11.1 Å². The van der Waals surface area contributed by atoms with E-state index >= 15 is 0 Å². The van der Waals surface area contributed by atoms with Crippen LogP contribution in [0.4, 0.5) is 5.82 Å². The van der Waals surface area contributed by atoms with Crippen molar-refractivity contribution in [2.24, 2.45) is 0 Å². The normalized spacial score (nSPS) is 11.1. The van der Waals surface area contributed by atoms with Crippen molar-refractivity contribution < 1.29 is 0 Å². The van der Waals surface area contributed by atoms with Crippen LogP contribution in [0.3, 0.4) is 0 Å². The van der Waals surface area contributed by atoms with Crippen molar-refractivity contribution in [1.82, 2.24) is 9.97 Å². The molecule has 0 N–H and O–H groups in total. The van der Waals surface area contributed by atoms with Crippen LogP contribution in [0.2, 0.25) is 5.28 Å². The zero-order valence-electron chi connectivity index (χ0n) is 15.5. The molecule has 0 amide bonds.